The predicted molar refractivity (Wildman–Crippen MR) is 45.5 cm³/mol. The van der Waals surface area contributed by atoms with Gasteiger partial charge in [0.05, 0.1) is 6.61 Å². The molecule has 0 radical (unpaired) electrons. The van der Waals surface area contributed by atoms with Gasteiger partial charge in [-0.3, -0.25) is 4.79 Å². The number of ether oxygens (including phenoxy) is 1. The molecule has 0 aromatic rings. The molecule has 0 atom stereocenters. The molecule has 0 aliphatic carbocycles. The van der Waals surface area contributed by atoms with Crippen LogP contribution in [0, 0.1) is 0 Å². The minimum absolute atomic E-state index is 0.252. The van der Waals surface area contributed by atoms with E-state index in [9.17, 15) is 13.2 Å². The molecule has 0 saturated heterocycles. The molecule has 0 rings (SSSR count). The highest BCUT2D eigenvalue weighted by atomic mass is 35.7. The van der Waals surface area contributed by atoms with Gasteiger partial charge in [-0.15, -0.1) is 0 Å². The van der Waals surface area contributed by atoms with Crippen molar-refractivity contribution < 1.29 is 17.9 Å². The number of hydrogen-bond donors (Lipinski definition) is 0. The van der Waals surface area contributed by atoms with Crippen molar-refractivity contribution in [3.63, 3.8) is 0 Å². The van der Waals surface area contributed by atoms with E-state index in [2.05, 4.69) is 4.74 Å². The summed E-state index contributed by atoms with van der Waals surface area (Å²) in [7, 11) is 1.05. The second-order valence-corrected chi connectivity index (χ2v) is 5.03. The third-order valence-electron chi connectivity index (χ3n) is 1.05. The van der Waals surface area contributed by atoms with E-state index in [1.807, 2.05) is 6.92 Å². The van der Waals surface area contributed by atoms with Gasteiger partial charge in [-0.2, -0.15) is 0 Å². The maximum Gasteiger partial charge on any atom is 0.322 e. The number of halogens is 1. The van der Waals surface area contributed by atoms with Crippen LogP contribution >= 0.6 is 10.7 Å². The average molecular weight is 215 g/mol. The molecular weight excluding hydrogens is 204 g/mol. The average Bonchev–Trinajstić information content (AvgIpc) is 1.84. The molecule has 4 nitrogen and oxygen atoms in total. The van der Waals surface area contributed by atoms with Crippen LogP contribution in [-0.4, -0.2) is 26.7 Å². The molecule has 0 fully saturated rings. The summed E-state index contributed by atoms with van der Waals surface area (Å²) in [6.07, 6.45) is 1.62. The first-order valence-corrected chi connectivity index (χ1v) is 6.01. The predicted octanol–water partition coefficient (Wildman–Crippen LogP) is 0.898. The Morgan fingerprint density at radius 2 is 2.08 bits per heavy atom. The minimum Gasteiger partial charge on any atom is -0.465 e. The fourth-order valence-corrected chi connectivity index (χ4v) is 1.14. The third-order valence-corrected chi connectivity index (χ3v) is 1.96. The van der Waals surface area contributed by atoms with Gasteiger partial charge >= 0.3 is 5.97 Å². The normalized spacial score (nSPS) is 11.2. The number of rotatable bonds is 5. The van der Waals surface area contributed by atoms with Crippen molar-refractivity contribution in [1.82, 2.24) is 0 Å². The van der Waals surface area contributed by atoms with E-state index in [0.29, 0.717) is 0 Å². The Bertz CT molecular complexity index is 234. The van der Waals surface area contributed by atoms with Crippen LogP contribution in [-0.2, 0) is 18.6 Å². The molecule has 0 amide bonds. The molecule has 0 aromatic carbocycles. The molecule has 0 saturated carbocycles. The number of hydrogen-bond acceptors (Lipinski definition) is 4. The number of esters is 1. The Balaban J connectivity index is 3.62. The maximum atomic E-state index is 10.6. The van der Waals surface area contributed by atoms with Crippen molar-refractivity contribution in [2.45, 2.75) is 19.8 Å². The van der Waals surface area contributed by atoms with Crippen LogP contribution in [0.5, 0.6) is 0 Å². The lowest BCUT2D eigenvalue weighted by Gasteiger charge is -2.00. The molecule has 0 aliphatic rings. The second kappa shape index (κ2) is 5.37. The second-order valence-electron chi connectivity index (χ2n) is 2.26. The van der Waals surface area contributed by atoms with Gasteiger partial charge in [0, 0.05) is 10.7 Å². The van der Waals surface area contributed by atoms with Gasteiger partial charge in [0.25, 0.3) is 0 Å². The van der Waals surface area contributed by atoms with Crippen LogP contribution in [0.2, 0.25) is 0 Å². The summed E-state index contributed by atoms with van der Waals surface area (Å²) >= 11 is 0. The van der Waals surface area contributed by atoms with E-state index in [0.717, 1.165) is 12.8 Å². The maximum absolute atomic E-state index is 10.6. The topological polar surface area (TPSA) is 60.4 Å². The van der Waals surface area contributed by atoms with E-state index >= 15 is 0 Å². The van der Waals surface area contributed by atoms with E-state index < -0.39 is 20.8 Å². The summed E-state index contributed by atoms with van der Waals surface area (Å²) in [5.41, 5.74) is 0. The van der Waals surface area contributed by atoms with E-state index in [1.54, 1.807) is 0 Å². The quantitative estimate of drug-likeness (QED) is 0.388. The Labute approximate surface area is 76.3 Å². The Kier molecular flexibility index (Phi) is 5.24. The first-order valence-electron chi connectivity index (χ1n) is 3.53. The first kappa shape index (κ1) is 11.7. The van der Waals surface area contributed by atoms with Crippen LogP contribution < -0.4 is 0 Å². The van der Waals surface area contributed by atoms with E-state index in [4.69, 9.17) is 10.7 Å². The van der Waals surface area contributed by atoms with Crippen molar-refractivity contribution >= 4 is 25.7 Å². The van der Waals surface area contributed by atoms with Gasteiger partial charge in [0.1, 0.15) is 0 Å². The monoisotopic (exact) mass is 214 g/mol. The molecule has 0 spiro atoms. The molecule has 6 heteroatoms. The van der Waals surface area contributed by atoms with E-state index in [-0.39, 0.29) is 6.61 Å². The van der Waals surface area contributed by atoms with Gasteiger partial charge in [-0.1, -0.05) is 13.3 Å². The Morgan fingerprint density at radius 1 is 1.50 bits per heavy atom. The van der Waals surface area contributed by atoms with Crippen LogP contribution in [0.1, 0.15) is 19.8 Å². The highest BCUT2D eigenvalue weighted by Crippen LogP contribution is 1.97. The molecule has 0 heterocycles. The number of unbranched alkanes of at least 4 members (excludes halogenated alkanes) is 1. The molecular formula is C6H11ClO4S. The van der Waals surface area contributed by atoms with Gasteiger partial charge in [0.2, 0.25) is 9.05 Å². The fraction of sp³-hybridized carbons (Fsp3) is 0.833. The van der Waals surface area contributed by atoms with Crippen molar-refractivity contribution in [3.05, 3.63) is 0 Å². The summed E-state index contributed by atoms with van der Waals surface area (Å²) in [4.78, 5) is 10.6. The van der Waals surface area contributed by atoms with Gasteiger partial charge < -0.3 is 4.74 Å². The largest absolute Gasteiger partial charge is 0.465 e. The molecule has 0 aliphatic heterocycles. The molecule has 0 N–H and O–H groups in total. The summed E-state index contributed by atoms with van der Waals surface area (Å²) in [6, 6.07) is 0. The summed E-state index contributed by atoms with van der Waals surface area (Å²) < 4.78 is 25.2. The van der Waals surface area contributed by atoms with Gasteiger partial charge in [-0.25, -0.2) is 8.42 Å². The van der Waals surface area contributed by atoms with Crippen molar-refractivity contribution in [1.29, 1.82) is 0 Å². The standard InChI is InChI=1S/C6H11ClO4S/c1-2-3-4-11-6(8)5-12(7,9)10/h2-5H2,1H3. The lowest BCUT2D eigenvalue weighted by atomic mass is 10.4. The Hall–Kier alpha value is -0.290. The molecule has 0 aromatic heterocycles. The van der Waals surface area contributed by atoms with Gasteiger partial charge in [0.15, 0.2) is 5.75 Å². The smallest absolute Gasteiger partial charge is 0.322 e. The highest BCUT2D eigenvalue weighted by Gasteiger charge is 2.13. The van der Waals surface area contributed by atoms with Crippen molar-refractivity contribution in [3.8, 4) is 0 Å². The summed E-state index contributed by atoms with van der Waals surface area (Å²) in [5.74, 6) is -1.54. The lowest BCUT2D eigenvalue weighted by Crippen LogP contribution is -2.15. The van der Waals surface area contributed by atoms with Crippen LogP contribution in [0.4, 0.5) is 0 Å². The summed E-state index contributed by atoms with van der Waals surface area (Å²) in [6.45, 7) is 2.19. The fourth-order valence-electron chi connectivity index (χ4n) is 0.513. The molecule has 0 unspecified atom stereocenters. The van der Waals surface area contributed by atoms with Crippen molar-refractivity contribution in [2.24, 2.45) is 0 Å². The van der Waals surface area contributed by atoms with Crippen LogP contribution in [0.3, 0.4) is 0 Å². The zero-order chi connectivity index (χ0) is 9.61. The van der Waals surface area contributed by atoms with E-state index in [1.165, 1.54) is 0 Å². The number of carbonyl (C=O) groups excluding carboxylic acids is 1. The molecule has 12 heavy (non-hydrogen) atoms. The zero-order valence-electron chi connectivity index (χ0n) is 6.75. The first-order chi connectivity index (χ1) is 5.45. The van der Waals surface area contributed by atoms with Crippen molar-refractivity contribution in [2.75, 3.05) is 12.4 Å². The minimum atomic E-state index is -3.76. The third kappa shape index (κ3) is 7.81. The number of carbonyl (C=O) groups is 1. The Morgan fingerprint density at radius 3 is 2.50 bits per heavy atom. The van der Waals surface area contributed by atoms with Crippen LogP contribution in [0.15, 0.2) is 0 Å². The van der Waals surface area contributed by atoms with Crippen LogP contribution in [0.25, 0.3) is 0 Å². The summed E-state index contributed by atoms with van der Waals surface area (Å²) in [5, 5.41) is 0. The SMILES string of the molecule is CCCCOC(=O)CS(=O)(=O)Cl. The zero-order valence-corrected chi connectivity index (χ0v) is 8.32. The van der Waals surface area contributed by atoms with Gasteiger partial charge in [-0.05, 0) is 6.42 Å². The molecule has 72 valence electrons. The highest BCUT2D eigenvalue weighted by molar-refractivity contribution is 8.14. The lowest BCUT2D eigenvalue weighted by molar-refractivity contribution is -0.140. The molecule has 0 bridgehead atoms.